The number of hydrogen-bond donors (Lipinski definition) is 1. The molecule has 0 radical (unpaired) electrons. The summed E-state index contributed by atoms with van der Waals surface area (Å²) in [4.78, 5) is 0. The molecule has 0 aliphatic carbocycles. The van der Waals surface area contributed by atoms with Gasteiger partial charge in [0, 0.05) is 5.56 Å². The van der Waals surface area contributed by atoms with E-state index in [0.717, 1.165) is 16.7 Å². The molecule has 0 saturated heterocycles. The first-order valence-electron chi connectivity index (χ1n) is 8.63. The minimum absolute atomic E-state index is 0. The third-order valence-electron chi connectivity index (χ3n) is 4.71. The minimum Gasteiger partial charge on any atom is -1.00 e. The van der Waals surface area contributed by atoms with Gasteiger partial charge in [-0.3, -0.25) is 0 Å². The van der Waals surface area contributed by atoms with Crippen LogP contribution in [0.5, 0.6) is 0 Å². The topological polar surface area (TPSA) is 20.2 Å². The standard InChI is InChI=1S/C23H26NO.HI/c1-24(2,3)22(19-13-7-4-8-14-19)23(25,20-15-9-5-10-16-20)21-17-11-6-12-18-21;/h4-18,22,25H,1-3H3;1H/q+1;/p-1. The van der Waals surface area contributed by atoms with Crippen molar-refractivity contribution in [2.24, 2.45) is 0 Å². The van der Waals surface area contributed by atoms with Crippen molar-refractivity contribution in [3.05, 3.63) is 108 Å². The lowest BCUT2D eigenvalue weighted by molar-refractivity contribution is -0.910. The number of quaternary nitrogens is 1. The molecule has 3 aromatic rings. The van der Waals surface area contributed by atoms with Crippen LogP contribution < -0.4 is 24.0 Å². The monoisotopic (exact) mass is 459 g/mol. The molecular weight excluding hydrogens is 433 g/mol. The molecule has 0 amide bonds. The van der Waals surface area contributed by atoms with Gasteiger partial charge in [-0.1, -0.05) is 91.0 Å². The first-order chi connectivity index (χ1) is 11.9. The summed E-state index contributed by atoms with van der Waals surface area (Å²) in [5, 5.41) is 12.2. The number of likely N-dealkylation sites (N-methyl/N-ethyl adjacent to an activating group) is 1. The molecular formula is C23H26INO. The fraction of sp³-hybridized carbons (Fsp3) is 0.217. The molecule has 3 heteroatoms. The Morgan fingerprint density at radius 2 is 1.00 bits per heavy atom. The highest BCUT2D eigenvalue weighted by Gasteiger charge is 2.48. The van der Waals surface area contributed by atoms with Gasteiger partial charge in [0.05, 0.1) is 21.1 Å². The van der Waals surface area contributed by atoms with Gasteiger partial charge in [-0.25, -0.2) is 0 Å². The highest BCUT2D eigenvalue weighted by molar-refractivity contribution is 5.40. The van der Waals surface area contributed by atoms with Crippen LogP contribution in [-0.2, 0) is 5.60 Å². The number of rotatable bonds is 5. The van der Waals surface area contributed by atoms with Gasteiger partial charge in [-0.2, -0.15) is 0 Å². The number of halogens is 1. The summed E-state index contributed by atoms with van der Waals surface area (Å²) in [5.41, 5.74) is 1.79. The molecule has 2 nitrogen and oxygen atoms in total. The molecule has 0 aliphatic rings. The Morgan fingerprint density at radius 1 is 0.654 bits per heavy atom. The van der Waals surface area contributed by atoms with Crippen LogP contribution in [0, 0.1) is 0 Å². The lowest BCUT2D eigenvalue weighted by Gasteiger charge is -2.45. The quantitative estimate of drug-likeness (QED) is 0.452. The zero-order chi connectivity index (χ0) is 17.9. The molecule has 0 aromatic heterocycles. The third kappa shape index (κ3) is 4.00. The van der Waals surface area contributed by atoms with Crippen molar-refractivity contribution in [3.63, 3.8) is 0 Å². The lowest BCUT2D eigenvalue weighted by Crippen LogP contribution is -3.00. The van der Waals surface area contributed by atoms with Crippen LogP contribution in [0.4, 0.5) is 0 Å². The van der Waals surface area contributed by atoms with Gasteiger partial charge < -0.3 is 33.6 Å². The highest BCUT2D eigenvalue weighted by atomic mass is 127. The largest absolute Gasteiger partial charge is 1.00 e. The molecule has 1 N–H and O–H groups in total. The third-order valence-corrected chi connectivity index (χ3v) is 4.71. The normalized spacial score (nSPS) is 12.9. The van der Waals surface area contributed by atoms with Crippen molar-refractivity contribution in [2.75, 3.05) is 21.1 Å². The van der Waals surface area contributed by atoms with Crippen LogP contribution >= 0.6 is 0 Å². The number of aliphatic hydroxyl groups is 1. The van der Waals surface area contributed by atoms with Crippen molar-refractivity contribution < 1.29 is 33.6 Å². The van der Waals surface area contributed by atoms with E-state index in [-0.39, 0.29) is 30.0 Å². The molecule has 1 unspecified atom stereocenters. The van der Waals surface area contributed by atoms with E-state index in [1.165, 1.54) is 0 Å². The van der Waals surface area contributed by atoms with Gasteiger partial charge in [0.2, 0.25) is 0 Å². The van der Waals surface area contributed by atoms with Gasteiger partial charge >= 0.3 is 0 Å². The van der Waals surface area contributed by atoms with Crippen molar-refractivity contribution in [3.8, 4) is 0 Å². The first kappa shape index (κ1) is 20.6. The summed E-state index contributed by atoms with van der Waals surface area (Å²) >= 11 is 0. The van der Waals surface area contributed by atoms with Crippen molar-refractivity contribution in [2.45, 2.75) is 11.6 Å². The zero-order valence-corrected chi connectivity index (χ0v) is 17.7. The summed E-state index contributed by atoms with van der Waals surface area (Å²) in [5.74, 6) is 0. The van der Waals surface area contributed by atoms with Gasteiger partial charge in [-0.15, -0.1) is 0 Å². The Bertz CT molecular complexity index is 758. The second-order valence-electron chi connectivity index (χ2n) is 7.43. The Hall–Kier alpha value is -1.69. The molecule has 1 atom stereocenters. The van der Waals surface area contributed by atoms with Gasteiger partial charge in [0.1, 0.15) is 0 Å². The zero-order valence-electron chi connectivity index (χ0n) is 15.5. The van der Waals surface area contributed by atoms with Crippen molar-refractivity contribution in [1.82, 2.24) is 0 Å². The average Bonchev–Trinajstić information content (AvgIpc) is 2.63. The van der Waals surface area contributed by atoms with Crippen molar-refractivity contribution in [1.29, 1.82) is 0 Å². The Kier molecular flexibility index (Phi) is 6.61. The highest BCUT2D eigenvalue weighted by Crippen LogP contribution is 2.45. The lowest BCUT2D eigenvalue weighted by atomic mass is 9.76. The Balaban J connectivity index is 0.00000243. The van der Waals surface area contributed by atoms with Gasteiger partial charge in [-0.05, 0) is 11.1 Å². The number of nitrogens with zero attached hydrogens (tertiary/aromatic N) is 1. The van der Waals surface area contributed by atoms with E-state index in [1.54, 1.807) is 0 Å². The predicted molar refractivity (Wildman–Crippen MR) is 103 cm³/mol. The van der Waals surface area contributed by atoms with Crippen LogP contribution in [-0.4, -0.2) is 30.7 Å². The van der Waals surface area contributed by atoms with Gasteiger partial charge in [0.25, 0.3) is 0 Å². The van der Waals surface area contributed by atoms with E-state index >= 15 is 0 Å². The molecule has 0 aliphatic heterocycles. The molecule has 0 bridgehead atoms. The molecule has 0 spiro atoms. The molecule has 0 fully saturated rings. The second kappa shape index (κ2) is 8.33. The molecule has 0 saturated carbocycles. The smallest absolute Gasteiger partial charge is 0.171 e. The van der Waals surface area contributed by atoms with Crippen LogP contribution in [0.15, 0.2) is 91.0 Å². The molecule has 136 valence electrons. The summed E-state index contributed by atoms with van der Waals surface area (Å²) in [6.45, 7) is 0. The van der Waals surface area contributed by atoms with Crippen LogP contribution in [0.1, 0.15) is 22.7 Å². The average molecular weight is 459 g/mol. The maximum absolute atomic E-state index is 12.2. The number of benzene rings is 3. The number of hydrogen-bond acceptors (Lipinski definition) is 1. The first-order valence-corrected chi connectivity index (χ1v) is 8.63. The summed E-state index contributed by atoms with van der Waals surface area (Å²) in [6.07, 6.45) is 0. The predicted octanol–water partition coefficient (Wildman–Crippen LogP) is 1.37. The summed E-state index contributed by atoms with van der Waals surface area (Å²) in [6, 6.07) is 30.1. The van der Waals surface area contributed by atoms with Crippen LogP contribution in [0.3, 0.4) is 0 Å². The minimum atomic E-state index is -1.14. The Morgan fingerprint density at radius 3 is 1.35 bits per heavy atom. The molecule has 3 rings (SSSR count). The summed E-state index contributed by atoms with van der Waals surface area (Å²) < 4.78 is 0.601. The van der Waals surface area contributed by atoms with Crippen LogP contribution in [0.2, 0.25) is 0 Å². The van der Waals surface area contributed by atoms with E-state index in [9.17, 15) is 5.11 Å². The fourth-order valence-corrected chi connectivity index (χ4v) is 3.75. The SMILES string of the molecule is C[N+](C)(C)C(c1ccccc1)C(O)(c1ccccc1)c1ccccc1.[I-]. The maximum Gasteiger partial charge on any atom is 0.171 e. The van der Waals surface area contributed by atoms with E-state index < -0.39 is 5.60 Å². The molecule has 26 heavy (non-hydrogen) atoms. The molecule has 3 aromatic carbocycles. The Labute approximate surface area is 173 Å². The van der Waals surface area contributed by atoms with Crippen LogP contribution in [0.25, 0.3) is 0 Å². The van der Waals surface area contributed by atoms with E-state index in [4.69, 9.17) is 0 Å². The van der Waals surface area contributed by atoms with E-state index in [1.807, 2.05) is 78.9 Å². The van der Waals surface area contributed by atoms with Gasteiger partial charge in [0.15, 0.2) is 11.6 Å². The van der Waals surface area contributed by atoms with E-state index in [0.29, 0.717) is 4.48 Å². The fourth-order valence-electron chi connectivity index (χ4n) is 3.75. The summed E-state index contributed by atoms with van der Waals surface area (Å²) in [7, 11) is 6.40. The maximum atomic E-state index is 12.2. The molecule has 0 heterocycles. The second-order valence-corrected chi connectivity index (χ2v) is 7.43. The van der Waals surface area contributed by atoms with Crippen molar-refractivity contribution >= 4 is 0 Å². The van der Waals surface area contributed by atoms with E-state index in [2.05, 4.69) is 33.3 Å².